The molecule has 0 aliphatic rings. The number of benzene rings is 4. The average Bonchev–Trinajstić information content (AvgIpc) is 3.33. The molecule has 0 radical (unpaired) electrons. The van der Waals surface area contributed by atoms with Crippen LogP contribution in [0.1, 0.15) is 22.8 Å². The van der Waals surface area contributed by atoms with Crippen LogP contribution in [0.5, 0.6) is 0 Å². The summed E-state index contributed by atoms with van der Waals surface area (Å²) in [5.74, 6) is -0.321. The normalized spacial score (nSPS) is 11.1. The zero-order valence-electron chi connectivity index (χ0n) is 20.3. The van der Waals surface area contributed by atoms with E-state index in [-0.39, 0.29) is 5.97 Å². The van der Waals surface area contributed by atoms with Gasteiger partial charge in [-0.25, -0.2) is 4.79 Å². The molecule has 0 amide bonds. The summed E-state index contributed by atoms with van der Waals surface area (Å²) < 4.78 is 8.58. The van der Waals surface area contributed by atoms with E-state index in [2.05, 4.69) is 69.6 Å². The molecule has 4 aromatic carbocycles. The molecule has 5 rings (SSSR count). The van der Waals surface area contributed by atoms with Gasteiger partial charge in [0.25, 0.3) is 0 Å². The molecule has 0 aliphatic heterocycles. The lowest BCUT2D eigenvalue weighted by Gasteiger charge is -2.15. The van der Waals surface area contributed by atoms with Crippen molar-refractivity contribution >= 4 is 40.5 Å². The number of hydrogen-bond donors (Lipinski definition) is 0. The van der Waals surface area contributed by atoms with Gasteiger partial charge < -0.3 is 9.30 Å². The van der Waals surface area contributed by atoms with Crippen LogP contribution in [-0.2, 0) is 4.74 Å². The van der Waals surface area contributed by atoms with Crippen molar-refractivity contribution in [2.24, 2.45) is 4.99 Å². The Hall–Kier alpha value is -3.97. The van der Waals surface area contributed by atoms with Crippen molar-refractivity contribution in [1.29, 1.82) is 0 Å². The van der Waals surface area contributed by atoms with Crippen LogP contribution in [0.4, 0.5) is 5.69 Å². The minimum absolute atomic E-state index is 0.321. The van der Waals surface area contributed by atoms with Gasteiger partial charge in [0.15, 0.2) is 0 Å². The van der Waals surface area contributed by atoms with Crippen molar-refractivity contribution in [2.45, 2.75) is 6.92 Å². The molecule has 0 saturated heterocycles. The molecule has 5 heteroatoms. The summed E-state index contributed by atoms with van der Waals surface area (Å²) >= 11 is 2.30. The quantitative estimate of drug-likeness (QED) is 0.108. The van der Waals surface area contributed by atoms with Crippen LogP contribution in [0.25, 0.3) is 28.2 Å². The summed E-state index contributed by atoms with van der Waals surface area (Å²) in [6.45, 7) is 2.15. The van der Waals surface area contributed by atoms with Crippen LogP contribution >= 0.6 is 22.6 Å². The third-order valence-corrected chi connectivity index (χ3v) is 6.68. The molecule has 0 N–H and O–H groups in total. The Labute approximate surface area is 230 Å². The van der Waals surface area contributed by atoms with E-state index in [9.17, 15) is 4.79 Å². The van der Waals surface area contributed by atoms with Crippen LogP contribution in [-0.4, -0.2) is 23.4 Å². The molecule has 0 saturated carbocycles. The van der Waals surface area contributed by atoms with E-state index in [1.54, 1.807) is 0 Å². The molecule has 1 heterocycles. The zero-order chi connectivity index (χ0) is 25.6. The van der Waals surface area contributed by atoms with E-state index in [1.165, 1.54) is 3.57 Å². The molecule has 182 valence electrons. The maximum Gasteiger partial charge on any atom is 0.338 e. The molecule has 0 unspecified atom stereocenters. The topological polar surface area (TPSA) is 43.6 Å². The summed E-state index contributed by atoms with van der Waals surface area (Å²) in [5, 5.41) is 0. The molecule has 37 heavy (non-hydrogen) atoms. The van der Waals surface area contributed by atoms with Gasteiger partial charge in [0.05, 0.1) is 29.2 Å². The number of carbonyl (C=O) groups is 1. The molecular weight excluding hydrogens is 571 g/mol. The van der Waals surface area contributed by atoms with E-state index < -0.39 is 0 Å². The van der Waals surface area contributed by atoms with Crippen LogP contribution < -0.4 is 0 Å². The van der Waals surface area contributed by atoms with Gasteiger partial charge in [-0.1, -0.05) is 60.7 Å². The first-order valence-electron chi connectivity index (χ1n) is 12.1. The largest absolute Gasteiger partial charge is 0.462 e. The van der Waals surface area contributed by atoms with E-state index >= 15 is 0 Å². The number of nitrogens with zero attached hydrogens (tertiary/aromatic N) is 2. The lowest BCUT2D eigenvalue weighted by molar-refractivity contribution is 0.0526. The van der Waals surface area contributed by atoms with Crippen molar-refractivity contribution in [3.05, 3.63) is 130 Å². The monoisotopic (exact) mass is 596 g/mol. The van der Waals surface area contributed by atoms with Gasteiger partial charge in [-0.15, -0.1) is 0 Å². The fourth-order valence-electron chi connectivity index (χ4n) is 4.24. The minimum atomic E-state index is -0.321. The van der Waals surface area contributed by atoms with E-state index in [1.807, 2.05) is 85.9 Å². The fourth-order valence-corrected chi connectivity index (χ4v) is 4.60. The van der Waals surface area contributed by atoms with Crippen LogP contribution in [0.2, 0.25) is 0 Å². The first-order valence-corrected chi connectivity index (χ1v) is 13.2. The molecular formula is C32H25IN2O2. The summed E-state index contributed by atoms with van der Waals surface area (Å²) in [5.41, 5.74) is 7.59. The summed E-state index contributed by atoms with van der Waals surface area (Å²) in [6, 6.07) is 38.5. The van der Waals surface area contributed by atoms with Gasteiger partial charge in [0, 0.05) is 21.0 Å². The van der Waals surface area contributed by atoms with Gasteiger partial charge >= 0.3 is 5.97 Å². The van der Waals surface area contributed by atoms with Crippen molar-refractivity contribution in [2.75, 3.05) is 6.61 Å². The standard InChI is InChI=1S/C32H25IN2O2/c1-2-37-32(36)25-13-19-29(20-14-25)35-30(23-9-5-3-6-10-23)21-26(31(35)24-11-7-4-8-12-24)22-34-28-17-15-27(33)16-18-28/h3-22H,2H2,1H3. The number of aliphatic imine (C=N–C) groups is 1. The number of halogens is 1. The van der Waals surface area contributed by atoms with Gasteiger partial charge in [-0.05, 0) is 95.2 Å². The Bertz CT molecular complexity index is 1520. The molecule has 0 atom stereocenters. The molecule has 0 aliphatic carbocycles. The Morgan fingerprint density at radius 1 is 0.838 bits per heavy atom. The third kappa shape index (κ3) is 5.57. The number of esters is 1. The summed E-state index contributed by atoms with van der Waals surface area (Å²) in [6.07, 6.45) is 1.93. The highest BCUT2D eigenvalue weighted by molar-refractivity contribution is 14.1. The number of hydrogen-bond acceptors (Lipinski definition) is 3. The van der Waals surface area contributed by atoms with Gasteiger partial charge in [-0.2, -0.15) is 0 Å². The average molecular weight is 596 g/mol. The van der Waals surface area contributed by atoms with Gasteiger partial charge in [0.2, 0.25) is 0 Å². The summed E-state index contributed by atoms with van der Waals surface area (Å²) in [4.78, 5) is 17.1. The lowest BCUT2D eigenvalue weighted by Crippen LogP contribution is -2.05. The first-order chi connectivity index (χ1) is 18.1. The Morgan fingerprint density at radius 3 is 2.08 bits per heavy atom. The fraction of sp³-hybridized carbons (Fsp3) is 0.0625. The van der Waals surface area contributed by atoms with Crippen LogP contribution in [0.15, 0.2) is 120 Å². The van der Waals surface area contributed by atoms with Crippen LogP contribution in [0, 0.1) is 3.57 Å². The molecule has 4 nitrogen and oxygen atoms in total. The lowest BCUT2D eigenvalue weighted by atomic mass is 10.1. The van der Waals surface area contributed by atoms with Gasteiger partial charge in [0.1, 0.15) is 0 Å². The second kappa shape index (κ2) is 11.4. The van der Waals surface area contributed by atoms with Crippen molar-refractivity contribution in [3.8, 4) is 28.2 Å². The first kappa shape index (κ1) is 24.7. The minimum Gasteiger partial charge on any atom is -0.462 e. The summed E-state index contributed by atoms with van der Waals surface area (Å²) in [7, 11) is 0. The van der Waals surface area contributed by atoms with E-state index in [0.717, 1.165) is 39.5 Å². The predicted octanol–water partition coefficient (Wildman–Crippen LogP) is 8.34. The highest BCUT2D eigenvalue weighted by Crippen LogP contribution is 2.35. The molecule has 0 bridgehead atoms. The molecule has 1 aromatic heterocycles. The smallest absolute Gasteiger partial charge is 0.338 e. The SMILES string of the molecule is CCOC(=O)c1ccc(-n2c(-c3ccccc3)cc(C=Nc3ccc(I)cc3)c2-c2ccccc2)cc1. The van der Waals surface area contributed by atoms with E-state index in [4.69, 9.17) is 9.73 Å². The number of aromatic nitrogens is 1. The van der Waals surface area contributed by atoms with Crippen molar-refractivity contribution in [3.63, 3.8) is 0 Å². The number of ether oxygens (including phenoxy) is 1. The third-order valence-electron chi connectivity index (χ3n) is 5.96. The number of rotatable bonds is 7. The van der Waals surface area contributed by atoms with Crippen LogP contribution in [0.3, 0.4) is 0 Å². The second-order valence-electron chi connectivity index (χ2n) is 8.40. The maximum absolute atomic E-state index is 12.3. The highest BCUT2D eigenvalue weighted by atomic mass is 127. The van der Waals surface area contributed by atoms with Crippen molar-refractivity contribution < 1.29 is 9.53 Å². The highest BCUT2D eigenvalue weighted by Gasteiger charge is 2.19. The Kier molecular flexibility index (Phi) is 7.61. The maximum atomic E-state index is 12.3. The molecule has 5 aromatic rings. The van der Waals surface area contributed by atoms with Crippen molar-refractivity contribution in [1.82, 2.24) is 4.57 Å². The predicted molar refractivity (Wildman–Crippen MR) is 159 cm³/mol. The zero-order valence-corrected chi connectivity index (χ0v) is 22.5. The van der Waals surface area contributed by atoms with Gasteiger partial charge in [-0.3, -0.25) is 4.99 Å². The number of carbonyl (C=O) groups excluding carboxylic acids is 1. The molecule has 0 spiro atoms. The van der Waals surface area contributed by atoms with E-state index in [0.29, 0.717) is 12.2 Å². The Balaban J connectivity index is 1.71. The second-order valence-corrected chi connectivity index (χ2v) is 9.65. The Morgan fingerprint density at radius 2 is 1.46 bits per heavy atom. The molecule has 0 fully saturated rings.